The minimum absolute atomic E-state index is 0.0287. The smallest absolute Gasteiger partial charge is 0.245 e. The monoisotopic (exact) mass is 471 g/mol. The Kier molecular flexibility index (Phi) is 6.58. The second kappa shape index (κ2) is 9.24. The van der Waals surface area contributed by atoms with Gasteiger partial charge in [-0.2, -0.15) is 4.31 Å². The first-order valence-corrected chi connectivity index (χ1v) is 12.2. The average Bonchev–Trinajstić information content (AvgIpc) is 2.81. The predicted octanol–water partition coefficient (Wildman–Crippen LogP) is 5.47. The molecule has 168 valence electrons. The van der Waals surface area contributed by atoms with Gasteiger partial charge in [-0.15, -0.1) is 0 Å². The molecule has 1 aliphatic rings. The maximum Gasteiger partial charge on any atom is 0.245 e. The lowest BCUT2D eigenvalue weighted by molar-refractivity contribution is -0.0511. The number of hydrogen-bond acceptors (Lipinski definition) is 4. The topological polar surface area (TPSA) is 55.8 Å². The van der Waals surface area contributed by atoms with Crippen LogP contribution in [-0.2, 0) is 14.8 Å². The van der Waals surface area contributed by atoms with Crippen LogP contribution in [0.3, 0.4) is 0 Å². The van der Waals surface area contributed by atoms with Gasteiger partial charge in [0.25, 0.3) is 0 Å². The van der Waals surface area contributed by atoms with E-state index in [0.29, 0.717) is 11.6 Å². The summed E-state index contributed by atoms with van der Waals surface area (Å²) >= 11 is 6.38. The number of sulfonamides is 1. The highest BCUT2D eigenvalue weighted by atomic mass is 35.5. The van der Waals surface area contributed by atoms with Crippen LogP contribution >= 0.6 is 11.6 Å². The van der Waals surface area contributed by atoms with E-state index in [4.69, 9.17) is 21.1 Å². The van der Waals surface area contributed by atoms with E-state index in [-0.39, 0.29) is 23.6 Å². The van der Waals surface area contributed by atoms with Crippen LogP contribution in [0.2, 0.25) is 5.02 Å². The molecule has 0 amide bonds. The Morgan fingerprint density at radius 2 is 1.62 bits per heavy atom. The quantitative estimate of drug-likeness (QED) is 0.495. The molecule has 0 spiro atoms. The van der Waals surface area contributed by atoms with Crippen molar-refractivity contribution in [2.75, 3.05) is 20.4 Å². The molecule has 2 atom stereocenters. The number of methoxy groups -OCH3 is 1. The third kappa shape index (κ3) is 4.55. The van der Waals surface area contributed by atoms with Crippen LogP contribution in [-0.4, -0.2) is 33.1 Å². The molecule has 1 fully saturated rings. The van der Waals surface area contributed by atoms with Crippen molar-refractivity contribution in [2.45, 2.75) is 30.8 Å². The van der Waals surface area contributed by atoms with E-state index in [1.165, 1.54) is 4.31 Å². The molecule has 0 aromatic heterocycles. The second-order valence-corrected chi connectivity index (χ2v) is 10.4. The van der Waals surface area contributed by atoms with Crippen molar-refractivity contribution in [3.63, 3.8) is 0 Å². The van der Waals surface area contributed by atoms with E-state index < -0.39 is 10.0 Å². The fraction of sp³-hybridized carbons (Fsp3) is 0.280. The molecule has 3 aromatic rings. The highest BCUT2D eigenvalue weighted by Crippen LogP contribution is 2.40. The van der Waals surface area contributed by atoms with E-state index in [1.54, 1.807) is 31.4 Å². The lowest BCUT2D eigenvalue weighted by Gasteiger charge is -2.38. The SMILES string of the molecule is COc1ccc([C@H]2CN(S(=O)(=O)c3ccc(C)cc3)CO[C@@H]2c2ccc(C)c(Cl)c2)cc1. The fourth-order valence-electron chi connectivity index (χ4n) is 3.92. The molecule has 32 heavy (non-hydrogen) atoms. The molecule has 3 aromatic carbocycles. The van der Waals surface area contributed by atoms with Crippen LogP contribution in [0.4, 0.5) is 0 Å². The lowest BCUT2D eigenvalue weighted by atomic mass is 9.88. The first-order chi connectivity index (χ1) is 15.3. The molecule has 0 saturated carbocycles. The van der Waals surface area contributed by atoms with Crippen molar-refractivity contribution in [1.29, 1.82) is 0 Å². The number of benzene rings is 3. The van der Waals surface area contributed by atoms with Gasteiger partial charge >= 0.3 is 0 Å². The molecule has 1 saturated heterocycles. The van der Waals surface area contributed by atoms with Crippen molar-refractivity contribution in [3.05, 3.63) is 94.0 Å². The van der Waals surface area contributed by atoms with E-state index in [9.17, 15) is 8.42 Å². The highest BCUT2D eigenvalue weighted by Gasteiger charge is 2.38. The fourth-order valence-corrected chi connectivity index (χ4v) is 5.44. The van der Waals surface area contributed by atoms with E-state index in [1.807, 2.05) is 56.3 Å². The summed E-state index contributed by atoms with van der Waals surface area (Å²) in [4.78, 5) is 0.261. The summed E-state index contributed by atoms with van der Waals surface area (Å²) in [7, 11) is -2.08. The Labute approximate surface area is 194 Å². The van der Waals surface area contributed by atoms with E-state index >= 15 is 0 Å². The first-order valence-electron chi connectivity index (χ1n) is 10.4. The summed E-state index contributed by atoms with van der Waals surface area (Å²) in [5.74, 6) is 0.526. The third-order valence-corrected chi connectivity index (χ3v) is 8.10. The van der Waals surface area contributed by atoms with Crippen molar-refractivity contribution < 1.29 is 17.9 Å². The molecule has 0 bridgehead atoms. The van der Waals surface area contributed by atoms with Crippen molar-refractivity contribution in [3.8, 4) is 5.75 Å². The Balaban J connectivity index is 1.70. The third-order valence-electron chi connectivity index (χ3n) is 5.89. The van der Waals surface area contributed by atoms with Crippen LogP contribution in [0.1, 0.15) is 34.3 Å². The van der Waals surface area contributed by atoms with E-state index in [2.05, 4.69) is 0 Å². The standard InChI is InChI=1S/C25H26ClNO4S/c1-17-4-12-22(13-5-17)32(28,29)27-15-23(19-8-10-21(30-3)11-9-19)25(31-16-27)20-7-6-18(2)24(26)14-20/h4-14,23,25H,15-16H2,1-3H3/t23-,25-/m1/s1. The zero-order chi connectivity index (χ0) is 22.9. The van der Waals surface area contributed by atoms with Crippen molar-refractivity contribution in [2.24, 2.45) is 0 Å². The lowest BCUT2D eigenvalue weighted by Crippen LogP contribution is -2.43. The van der Waals surface area contributed by atoms with Gasteiger partial charge in [-0.05, 0) is 60.9 Å². The summed E-state index contributed by atoms with van der Waals surface area (Å²) in [6, 6.07) is 20.4. The molecule has 1 aliphatic heterocycles. The zero-order valence-electron chi connectivity index (χ0n) is 18.3. The Bertz CT molecular complexity index is 1190. The summed E-state index contributed by atoms with van der Waals surface area (Å²) in [5.41, 5.74) is 3.88. The normalized spacial score (nSPS) is 19.6. The molecule has 7 heteroatoms. The molecule has 0 radical (unpaired) electrons. The van der Waals surface area contributed by atoms with E-state index in [0.717, 1.165) is 28.0 Å². The maximum absolute atomic E-state index is 13.3. The molecule has 0 unspecified atom stereocenters. The van der Waals surface area contributed by atoms with Gasteiger partial charge in [0, 0.05) is 17.5 Å². The molecule has 0 aliphatic carbocycles. The second-order valence-electron chi connectivity index (χ2n) is 8.06. The summed E-state index contributed by atoms with van der Waals surface area (Å²) in [5, 5.41) is 0.661. The Hall–Kier alpha value is -2.38. The number of ether oxygens (including phenoxy) is 2. The summed E-state index contributed by atoms with van der Waals surface area (Å²) < 4.78 is 39.5. The highest BCUT2D eigenvalue weighted by molar-refractivity contribution is 7.89. The van der Waals surface area contributed by atoms with Crippen LogP contribution < -0.4 is 4.74 Å². The zero-order valence-corrected chi connectivity index (χ0v) is 19.9. The Morgan fingerprint density at radius 1 is 0.969 bits per heavy atom. The maximum atomic E-state index is 13.3. The van der Waals surface area contributed by atoms with Gasteiger partial charge in [-0.25, -0.2) is 8.42 Å². The number of nitrogens with zero attached hydrogens (tertiary/aromatic N) is 1. The summed E-state index contributed by atoms with van der Waals surface area (Å²) in [6.45, 7) is 4.14. The molecule has 0 N–H and O–H groups in total. The van der Waals surface area contributed by atoms with Gasteiger partial charge in [-0.3, -0.25) is 0 Å². The molecule has 5 nitrogen and oxygen atoms in total. The van der Waals surface area contributed by atoms with Crippen molar-refractivity contribution in [1.82, 2.24) is 4.31 Å². The molecule has 4 rings (SSSR count). The largest absolute Gasteiger partial charge is 0.497 e. The van der Waals surface area contributed by atoms with Crippen LogP contribution in [0.5, 0.6) is 5.75 Å². The predicted molar refractivity (Wildman–Crippen MR) is 126 cm³/mol. The number of hydrogen-bond donors (Lipinski definition) is 0. The number of rotatable bonds is 5. The van der Waals surface area contributed by atoms with Crippen LogP contribution in [0, 0.1) is 13.8 Å². The van der Waals surface area contributed by atoms with Crippen LogP contribution in [0.15, 0.2) is 71.6 Å². The minimum Gasteiger partial charge on any atom is -0.497 e. The molecular formula is C25H26ClNO4S. The molecular weight excluding hydrogens is 446 g/mol. The van der Waals surface area contributed by atoms with Gasteiger partial charge in [0.15, 0.2) is 0 Å². The van der Waals surface area contributed by atoms with Crippen molar-refractivity contribution >= 4 is 21.6 Å². The Morgan fingerprint density at radius 3 is 2.25 bits per heavy atom. The summed E-state index contributed by atoms with van der Waals surface area (Å²) in [6.07, 6.45) is -0.328. The average molecular weight is 472 g/mol. The number of aryl methyl sites for hydroxylation is 2. The molecule has 1 heterocycles. The minimum atomic E-state index is -3.70. The van der Waals surface area contributed by atoms with Gasteiger partial charge in [0.1, 0.15) is 12.5 Å². The van der Waals surface area contributed by atoms with Gasteiger partial charge in [-0.1, -0.05) is 53.6 Å². The first kappa shape index (κ1) is 22.8. The number of halogens is 1. The van der Waals surface area contributed by atoms with Crippen LogP contribution in [0.25, 0.3) is 0 Å². The van der Waals surface area contributed by atoms with Gasteiger partial charge in [0.2, 0.25) is 10.0 Å². The van der Waals surface area contributed by atoms with Gasteiger partial charge < -0.3 is 9.47 Å². The van der Waals surface area contributed by atoms with Gasteiger partial charge in [0.05, 0.1) is 18.1 Å².